The molecule has 0 saturated carbocycles. The average molecular weight is 378 g/mol. The maximum atomic E-state index is 12.0. The van der Waals surface area contributed by atoms with Crippen molar-refractivity contribution in [3.05, 3.63) is 87.4 Å². The van der Waals surface area contributed by atoms with Gasteiger partial charge in [0.1, 0.15) is 12.4 Å². The molecule has 0 aliphatic heterocycles. The number of nitrogens with zero attached hydrogens (tertiary/aromatic N) is 1. The largest absolute Gasteiger partial charge is 0.487 e. The van der Waals surface area contributed by atoms with Crippen LogP contribution in [0, 0.1) is 13.8 Å². The lowest BCUT2D eigenvalue weighted by Crippen LogP contribution is -2.20. The lowest BCUT2D eigenvalue weighted by Gasteiger charge is -2.05. The smallest absolute Gasteiger partial charge is 0.244 e. The number of thiazole rings is 1. The minimum absolute atomic E-state index is 0.125. The molecule has 1 N–H and O–H groups in total. The van der Waals surface area contributed by atoms with Crippen LogP contribution in [0.4, 0.5) is 0 Å². The summed E-state index contributed by atoms with van der Waals surface area (Å²) >= 11 is 1.61. The molecule has 1 heterocycles. The lowest BCUT2D eigenvalue weighted by molar-refractivity contribution is -0.116. The van der Waals surface area contributed by atoms with Crippen LogP contribution in [0.3, 0.4) is 0 Å². The average Bonchev–Trinajstić information content (AvgIpc) is 3.10. The van der Waals surface area contributed by atoms with E-state index in [1.807, 2.05) is 67.8 Å². The fourth-order valence-electron chi connectivity index (χ4n) is 2.47. The maximum Gasteiger partial charge on any atom is 0.244 e. The zero-order chi connectivity index (χ0) is 19.1. The minimum Gasteiger partial charge on any atom is -0.487 e. The van der Waals surface area contributed by atoms with E-state index in [2.05, 4.69) is 10.3 Å². The quantitative estimate of drug-likeness (QED) is 0.608. The summed E-state index contributed by atoms with van der Waals surface area (Å²) in [4.78, 5) is 16.4. The summed E-state index contributed by atoms with van der Waals surface area (Å²) in [5, 5.41) is 5.92. The molecule has 4 nitrogen and oxygen atoms in total. The van der Waals surface area contributed by atoms with Crippen molar-refractivity contribution in [1.29, 1.82) is 0 Å². The lowest BCUT2D eigenvalue weighted by atomic mass is 10.1. The molecule has 1 aromatic heterocycles. The van der Waals surface area contributed by atoms with Crippen LogP contribution in [-0.4, -0.2) is 10.9 Å². The second-order valence-corrected chi connectivity index (χ2v) is 7.32. The van der Waals surface area contributed by atoms with E-state index >= 15 is 0 Å². The topological polar surface area (TPSA) is 51.2 Å². The number of ether oxygens (including phenoxy) is 1. The number of carbonyl (C=O) groups is 1. The zero-order valence-electron chi connectivity index (χ0n) is 15.4. The summed E-state index contributed by atoms with van der Waals surface area (Å²) in [6.07, 6.45) is 3.32. The van der Waals surface area contributed by atoms with E-state index in [0.29, 0.717) is 13.2 Å². The Morgan fingerprint density at radius 3 is 2.74 bits per heavy atom. The van der Waals surface area contributed by atoms with Gasteiger partial charge in [-0.15, -0.1) is 11.3 Å². The molecule has 0 atom stereocenters. The number of hydrogen-bond donors (Lipinski definition) is 1. The van der Waals surface area contributed by atoms with Crippen LogP contribution in [0.15, 0.2) is 60.0 Å². The Morgan fingerprint density at radius 2 is 2.00 bits per heavy atom. The van der Waals surface area contributed by atoms with Gasteiger partial charge < -0.3 is 10.1 Å². The molecular formula is C22H22N2O2S. The van der Waals surface area contributed by atoms with Gasteiger partial charge >= 0.3 is 0 Å². The Bertz CT molecular complexity index is 929. The van der Waals surface area contributed by atoms with E-state index < -0.39 is 0 Å². The summed E-state index contributed by atoms with van der Waals surface area (Å²) in [5.41, 5.74) is 4.12. The normalized spacial score (nSPS) is 10.9. The van der Waals surface area contributed by atoms with Crippen molar-refractivity contribution in [3.8, 4) is 5.75 Å². The molecule has 0 bridgehead atoms. The van der Waals surface area contributed by atoms with Crippen molar-refractivity contribution in [1.82, 2.24) is 10.3 Å². The highest BCUT2D eigenvalue weighted by Gasteiger charge is 2.01. The molecule has 27 heavy (non-hydrogen) atoms. The third kappa shape index (κ3) is 6.08. The number of nitrogens with one attached hydrogen (secondary N) is 1. The van der Waals surface area contributed by atoms with Crippen LogP contribution in [-0.2, 0) is 17.9 Å². The van der Waals surface area contributed by atoms with E-state index in [9.17, 15) is 4.79 Å². The molecular weight excluding hydrogens is 356 g/mol. The molecule has 0 unspecified atom stereocenters. The van der Waals surface area contributed by atoms with Crippen molar-refractivity contribution in [2.24, 2.45) is 0 Å². The standard InChI is InChI=1S/C22H22N2O2S/c1-16-6-8-19(9-7-16)13-23-22(25)11-10-18-4-3-5-21(12-18)26-14-20-15-27-17(2)24-20/h3-12,15H,13-14H2,1-2H3,(H,23,25)/b11-10+. The summed E-state index contributed by atoms with van der Waals surface area (Å²) in [6.45, 7) is 4.97. The van der Waals surface area contributed by atoms with Gasteiger partial charge in [0.05, 0.1) is 10.7 Å². The Hall–Kier alpha value is -2.92. The first-order valence-corrected chi connectivity index (χ1v) is 9.62. The number of aromatic nitrogens is 1. The van der Waals surface area contributed by atoms with E-state index in [0.717, 1.165) is 27.6 Å². The van der Waals surface area contributed by atoms with Gasteiger partial charge in [-0.1, -0.05) is 42.0 Å². The number of carbonyl (C=O) groups excluding carboxylic acids is 1. The van der Waals surface area contributed by atoms with Crippen molar-refractivity contribution in [2.75, 3.05) is 0 Å². The van der Waals surface area contributed by atoms with Crippen LogP contribution in [0.1, 0.15) is 27.4 Å². The Labute approximate surface area is 163 Å². The number of benzene rings is 2. The van der Waals surface area contributed by atoms with Crippen molar-refractivity contribution < 1.29 is 9.53 Å². The van der Waals surface area contributed by atoms with E-state index in [1.165, 1.54) is 11.6 Å². The number of aryl methyl sites for hydroxylation is 2. The molecule has 1 amide bonds. The minimum atomic E-state index is -0.125. The Kier molecular flexibility index (Phi) is 6.39. The molecule has 0 saturated heterocycles. The van der Waals surface area contributed by atoms with Crippen LogP contribution >= 0.6 is 11.3 Å². The Morgan fingerprint density at radius 1 is 1.19 bits per heavy atom. The second kappa shape index (κ2) is 9.14. The molecule has 138 valence electrons. The maximum absolute atomic E-state index is 12.0. The van der Waals surface area contributed by atoms with E-state index in [1.54, 1.807) is 17.4 Å². The fraction of sp³-hybridized carbons (Fsp3) is 0.182. The van der Waals surface area contributed by atoms with Gasteiger partial charge in [0.2, 0.25) is 5.91 Å². The molecule has 0 aliphatic rings. The van der Waals surface area contributed by atoms with Gasteiger partial charge in [-0.2, -0.15) is 0 Å². The number of amides is 1. The highest BCUT2D eigenvalue weighted by Crippen LogP contribution is 2.17. The van der Waals surface area contributed by atoms with Gasteiger partial charge in [0.15, 0.2) is 0 Å². The summed E-state index contributed by atoms with van der Waals surface area (Å²) in [6, 6.07) is 15.8. The van der Waals surface area contributed by atoms with Gasteiger partial charge in [-0.3, -0.25) is 4.79 Å². The third-order valence-electron chi connectivity index (χ3n) is 3.93. The highest BCUT2D eigenvalue weighted by atomic mass is 32.1. The van der Waals surface area contributed by atoms with Crippen LogP contribution in [0.25, 0.3) is 6.08 Å². The van der Waals surface area contributed by atoms with Gasteiger partial charge in [0.25, 0.3) is 0 Å². The van der Waals surface area contributed by atoms with Gasteiger partial charge in [-0.05, 0) is 43.2 Å². The predicted molar refractivity (Wildman–Crippen MR) is 110 cm³/mol. The molecule has 0 radical (unpaired) electrons. The van der Waals surface area contributed by atoms with Crippen LogP contribution in [0.2, 0.25) is 0 Å². The monoisotopic (exact) mass is 378 g/mol. The molecule has 5 heteroatoms. The van der Waals surface area contributed by atoms with Crippen LogP contribution in [0.5, 0.6) is 5.75 Å². The molecule has 0 fully saturated rings. The van der Waals surface area contributed by atoms with Crippen molar-refractivity contribution in [3.63, 3.8) is 0 Å². The first kappa shape index (κ1) is 18.9. The van der Waals surface area contributed by atoms with Crippen molar-refractivity contribution >= 4 is 23.3 Å². The summed E-state index contributed by atoms with van der Waals surface area (Å²) < 4.78 is 5.78. The summed E-state index contributed by atoms with van der Waals surface area (Å²) in [7, 11) is 0. The molecule has 0 spiro atoms. The first-order valence-electron chi connectivity index (χ1n) is 8.74. The molecule has 3 aromatic rings. The first-order chi connectivity index (χ1) is 13.1. The highest BCUT2D eigenvalue weighted by molar-refractivity contribution is 7.09. The van der Waals surface area contributed by atoms with Gasteiger partial charge in [0, 0.05) is 18.0 Å². The van der Waals surface area contributed by atoms with Crippen molar-refractivity contribution in [2.45, 2.75) is 27.0 Å². The molecule has 0 aliphatic carbocycles. The molecule has 3 rings (SSSR count). The van der Waals surface area contributed by atoms with E-state index in [4.69, 9.17) is 4.74 Å². The number of hydrogen-bond acceptors (Lipinski definition) is 4. The predicted octanol–water partition coefficient (Wildman–Crippen LogP) is 4.67. The third-order valence-corrected chi connectivity index (χ3v) is 4.75. The second-order valence-electron chi connectivity index (χ2n) is 6.26. The fourth-order valence-corrected chi connectivity index (χ4v) is 3.06. The zero-order valence-corrected chi connectivity index (χ0v) is 16.3. The Balaban J connectivity index is 1.51. The van der Waals surface area contributed by atoms with Gasteiger partial charge in [-0.25, -0.2) is 4.98 Å². The molecule has 2 aromatic carbocycles. The SMILES string of the molecule is Cc1ccc(CNC(=O)/C=C/c2cccc(OCc3csc(C)n3)c2)cc1. The van der Waals surface area contributed by atoms with Crippen LogP contribution < -0.4 is 10.1 Å². The van der Waals surface area contributed by atoms with E-state index in [-0.39, 0.29) is 5.91 Å². The summed E-state index contributed by atoms with van der Waals surface area (Å²) in [5.74, 6) is 0.628. The number of rotatable bonds is 7.